The molecule has 0 bridgehead atoms. The van der Waals surface area contributed by atoms with Crippen LogP contribution in [-0.2, 0) is 16.8 Å². The molecule has 0 saturated carbocycles. The predicted molar refractivity (Wildman–Crippen MR) is 61.3 cm³/mol. The fraction of sp³-hybridized carbons (Fsp3) is 0.111. The Bertz CT molecular complexity index is 594. The van der Waals surface area contributed by atoms with E-state index in [-0.39, 0.29) is 6.54 Å². The molecule has 90 valence electrons. The van der Waals surface area contributed by atoms with Crippen LogP contribution in [0.2, 0.25) is 0 Å². The third kappa shape index (κ3) is 3.34. The van der Waals surface area contributed by atoms with E-state index in [4.69, 9.17) is 5.14 Å². The van der Waals surface area contributed by atoms with Crippen molar-refractivity contribution < 1.29 is 8.42 Å². The standard InChI is InChI=1S/C9H11N5O2S/c10-17(15,16)13-7-8-2-4-11-9(6-8)14-5-1-3-12-14/h1-6,13H,7H2,(H2,10,15,16). The second-order valence-electron chi connectivity index (χ2n) is 3.34. The van der Waals surface area contributed by atoms with Gasteiger partial charge in [0.15, 0.2) is 5.82 Å². The van der Waals surface area contributed by atoms with Gasteiger partial charge in [-0.25, -0.2) is 14.8 Å². The number of nitrogens with zero attached hydrogens (tertiary/aromatic N) is 3. The van der Waals surface area contributed by atoms with E-state index < -0.39 is 10.2 Å². The normalized spacial score (nSPS) is 11.6. The van der Waals surface area contributed by atoms with E-state index in [0.29, 0.717) is 5.82 Å². The second-order valence-corrected chi connectivity index (χ2v) is 4.72. The number of hydrogen-bond acceptors (Lipinski definition) is 4. The molecule has 17 heavy (non-hydrogen) atoms. The van der Waals surface area contributed by atoms with Crippen molar-refractivity contribution in [1.29, 1.82) is 0 Å². The van der Waals surface area contributed by atoms with Gasteiger partial charge in [-0.2, -0.15) is 18.2 Å². The van der Waals surface area contributed by atoms with Crippen LogP contribution in [0.4, 0.5) is 0 Å². The molecule has 0 aliphatic rings. The van der Waals surface area contributed by atoms with E-state index in [1.165, 1.54) is 0 Å². The second kappa shape index (κ2) is 4.62. The molecule has 0 saturated heterocycles. The highest BCUT2D eigenvalue weighted by Gasteiger charge is 2.03. The number of nitrogens with one attached hydrogen (secondary N) is 1. The molecule has 2 heterocycles. The Labute approximate surface area is 98.5 Å². The molecule has 8 heteroatoms. The maximum Gasteiger partial charge on any atom is 0.274 e. The predicted octanol–water partition coefficient (Wildman–Crippen LogP) is -0.440. The molecular formula is C9H11N5O2S. The smallest absolute Gasteiger partial charge is 0.237 e. The zero-order valence-electron chi connectivity index (χ0n) is 8.81. The fourth-order valence-corrected chi connectivity index (χ4v) is 1.65. The zero-order chi connectivity index (χ0) is 12.3. The summed E-state index contributed by atoms with van der Waals surface area (Å²) in [4.78, 5) is 4.12. The van der Waals surface area contributed by atoms with Gasteiger partial charge in [-0.15, -0.1) is 0 Å². The van der Waals surface area contributed by atoms with Crippen molar-refractivity contribution in [2.75, 3.05) is 0 Å². The minimum Gasteiger partial charge on any atom is -0.237 e. The summed E-state index contributed by atoms with van der Waals surface area (Å²) in [6, 6.07) is 5.20. The maximum absolute atomic E-state index is 10.8. The van der Waals surface area contributed by atoms with Crippen LogP contribution < -0.4 is 9.86 Å². The number of hydrogen-bond donors (Lipinski definition) is 2. The molecule has 0 spiro atoms. The van der Waals surface area contributed by atoms with Crippen molar-refractivity contribution in [3.05, 3.63) is 42.4 Å². The van der Waals surface area contributed by atoms with Gasteiger partial charge in [-0.3, -0.25) is 0 Å². The molecule has 0 aliphatic carbocycles. The summed E-state index contributed by atoms with van der Waals surface area (Å²) >= 11 is 0. The van der Waals surface area contributed by atoms with E-state index in [1.807, 2.05) is 0 Å². The summed E-state index contributed by atoms with van der Waals surface area (Å²) in [7, 11) is -3.68. The largest absolute Gasteiger partial charge is 0.274 e. The molecule has 0 aromatic carbocycles. The lowest BCUT2D eigenvalue weighted by molar-refractivity contribution is 0.583. The quantitative estimate of drug-likeness (QED) is 0.771. The van der Waals surface area contributed by atoms with Gasteiger partial charge in [0.2, 0.25) is 0 Å². The molecule has 2 aromatic heterocycles. The van der Waals surface area contributed by atoms with Crippen LogP contribution in [0.15, 0.2) is 36.8 Å². The SMILES string of the molecule is NS(=O)(=O)NCc1ccnc(-n2cccn2)c1. The number of nitrogens with two attached hydrogens (primary N) is 1. The lowest BCUT2D eigenvalue weighted by atomic mass is 10.2. The molecule has 0 unspecified atom stereocenters. The van der Waals surface area contributed by atoms with Crippen LogP contribution in [-0.4, -0.2) is 23.2 Å². The van der Waals surface area contributed by atoms with Crippen molar-refractivity contribution in [3.63, 3.8) is 0 Å². The van der Waals surface area contributed by atoms with Crippen molar-refractivity contribution in [3.8, 4) is 5.82 Å². The van der Waals surface area contributed by atoms with Gasteiger partial charge in [-0.05, 0) is 23.8 Å². The van der Waals surface area contributed by atoms with Gasteiger partial charge < -0.3 is 0 Å². The summed E-state index contributed by atoms with van der Waals surface area (Å²) < 4.78 is 25.3. The molecule has 2 aromatic rings. The van der Waals surface area contributed by atoms with Gasteiger partial charge in [0.05, 0.1) is 0 Å². The van der Waals surface area contributed by atoms with Crippen molar-refractivity contribution in [2.24, 2.45) is 5.14 Å². The summed E-state index contributed by atoms with van der Waals surface area (Å²) in [5.41, 5.74) is 0.750. The van der Waals surface area contributed by atoms with E-state index in [1.54, 1.807) is 41.5 Å². The Balaban J connectivity index is 2.18. The van der Waals surface area contributed by atoms with Crippen LogP contribution in [0.25, 0.3) is 5.82 Å². The Kier molecular flexibility index (Phi) is 3.18. The van der Waals surface area contributed by atoms with Gasteiger partial charge in [0, 0.05) is 25.1 Å². The molecule has 3 N–H and O–H groups in total. The van der Waals surface area contributed by atoms with Gasteiger partial charge >= 0.3 is 0 Å². The average Bonchev–Trinajstić information content (AvgIpc) is 2.79. The summed E-state index contributed by atoms with van der Waals surface area (Å²) in [5.74, 6) is 0.615. The van der Waals surface area contributed by atoms with Crippen LogP contribution >= 0.6 is 0 Å². The zero-order valence-corrected chi connectivity index (χ0v) is 9.63. The highest BCUT2D eigenvalue weighted by Crippen LogP contribution is 2.05. The highest BCUT2D eigenvalue weighted by atomic mass is 32.2. The molecule has 7 nitrogen and oxygen atoms in total. The van der Waals surface area contributed by atoms with Crippen molar-refractivity contribution in [2.45, 2.75) is 6.54 Å². The first kappa shape index (κ1) is 11.7. The molecule has 0 fully saturated rings. The van der Waals surface area contributed by atoms with Crippen molar-refractivity contribution >= 4 is 10.2 Å². The van der Waals surface area contributed by atoms with Crippen LogP contribution in [0.1, 0.15) is 5.56 Å². The fourth-order valence-electron chi connectivity index (χ4n) is 1.28. The first-order valence-corrected chi connectivity index (χ1v) is 6.31. The summed E-state index contributed by atoms with van der Waals surface area (Å²) in [6.07, 6.45) is 4.97. The third-order valence-corrected chi connectivity index (χ3v) is 2.57. The van der Waals surface area contributed by atoms with Crippen molar-refractivity contribution in [1.82, 2.24) is 19.5 Å². The first-order valence-electron chi connectivity index (χ1n) is 4.77. The molecule has 2 rings (SSSR count). The molecule has 0 radical (unpaired) electrons. The van der Waals surface area contributed by atoms with Gasteiger partial charge in [0.25, 0.3) is 10.2 Å². The van der Waals surface area contributed by atoms with Gasteiger partial charge in [0.1, 0.15) is 0 Å². The maximum atomic E-state index is 10.8. The van der Waals surface area contributed by atoms with E-state index in [9.17, 15) is 8.42 Å². The Morgan fingerprint density at radius 2 is 2.24 bits per heavy atom. The highest BCUT2D eigenvalue weighted by molar-refractivity contribution is 7.87. The van der Waals surface area contributed by atoms with Crippen LogP contribution in [0.3, 0.4) is 0 Å². The lowest BCUT2D eigenvalue weighted by Crippen LogP contribution is -2.30. The Morgan fingerprint density at radius 1 is 1.41 bits per heavy atom. The first-order chi connectivity index (χ1) is 8.04. The van der Waals surface area contributed by atoms with Crippen LogP contribution in [0.5, 0.6) is 0 Å². The monoisotopic (exact) mass is 253 g/mol. The summed E-state index contributed by atoms with van der Waals surface area (Å²) in [5, 5.41) is 8.87. The molecule has 0 amide bonds. The van der Waals surface area contributed by atoms with Crippen LogP contribution in [0, 0.1) is 0 Å². The number of aromatic nitrogens is 3. The Hall–Kier alpha value is -1.77. The third-order valence-electron chi connectivity index (χ3n) is 2.03. The van der Waals surface area contributed by atoms with E-state index in [2.05, 4.69) is 14.8 Å². The van der Waals surface area contributed by atoms with E-state index in [0.717, 1.165) is 5.56 Å². The minimum absolute atomic E-state index is 0.121. The number of pyridine rings is 1. The molecule has 0 atom stereocenters. The van der Waals surface area contributed by atoms with E-state index >= 15 is 0 Å². The topological polar surface area (TPSA) is 103 Å². The molecule has 0 aliphatic heterocycles. The number of rotatable bonds is 4. The molecular weight excluding hydrogens is 242 g/mol. The Morgan fingerprint density at radius 3 is 2.88 bits per heavy atom. The lowest BCUT2D eigenvalue weighted by Gasteiger charge is -2.04. The minimum atomic E-state index is -3.68. The summed E-state index contributed by atoms with van der Waals surface area (Å²) in [6.45, 7) is 0.121. The van der Waals surface area contributed by atoms with Gasteiger partial charge in [-0.1, -0.05) is 0 Å². The average molecular weight is 253 g/mol.